The zero-order valence-corrected chi connectivity index (χ0v) is 14.6. The van der Waals surface area contributed by atoms with Crippen LogP contribution < -0.4 is 5.32 Å². The number of alkyl halides is 2. The van der Waals surface area contributed by atoms with Gasteiger partial charge in [-0.2, -0.15) is 9.15 Å². The second-order valence-corrected chi connectivity index (χ2v) is 6.65. The number of halogens is 3. The number of nitriles is 1. The van der Waals surface area contributed by atoms with E-state index in [0.29, 0.717) is 10.9 Å². The van der Waals surface area contributed by atoms with Gasteiger partial charge in [0.1, 0.15) is 6.04 Å². The summed E-state index contributed by atoms with van der Waals surface area (Å²) in [7, 11) is 0. The lowest BCUT2D eigenvalue weighted by Gasteiger charge is -2.19. The summed E-state index contributed by atoms with van der Waals surface area (Å²) >= 11 is 0.0197. The van der Waals surface area contributed by atoms with Gasteiger partial charge in [-0.15, -0.1) is 0 Å². The maximum Gasteiger partial charge on any atom is 0.268 e. The molecule has 0 spiro atoms. The Morgan fingerprint density at radius 2 is 2.19 bits per heavy atom. The average molecular weight is 394 g/mol. The summed E-state index contributed by atoms with van der Waals surface area (Å²) in [5.74, 6) is -4.52. The maximum absolute atomic E-state index is 13.4. The third-order valence-electron chi connectivity index (χ3n) is 4.19. The lowest BCUT2D eigenvalue weighted by molar-refractivity contribution is -0.131. The van der Waals surface area contributed by atoms with E-state index < -0.39 is 43.3 Å². The fraction of sp³-hybridized carbons (Fsp3) is 0.294. The van der Waals surface area contributed by atoms with Gasteiger partial charge in [0.2, 0.25) is 5.91 Å². The van der Waals surface area contributed by atoms with Crippen molar-refractivity contribution in [2.45, 2.75) is 23.3 Å². The molecule has 140 valence electrons. The van der Waals surface area contributed by atoms with Crippen molar-refractivity contribution in [3.05, 3.63) is 36.0 Å². The van der Waals surface area contributed by atoms with Gasteiger partial charge in [-0.3, -0.25) is 14.6 Å². The van der Waals surface area contributed by atoms with Crippen LogP contribution in [0.25, 0.3) is 10.9 Å². The Morgan fingerprint density at radius 1 is 1.41 bits per heavy atom. The fourth-order valence-electron chi connectivity index (χ4n) is 2.92. The molecule has 27 heavy (non-hydrogen) atoms. The van der Waals surface area contributed by atoms with Crippen LogP contribution in [0.1, 0.15) is 16.8 Å². The fourth-order valence-corrected chi connectivity index (χ4v) is 3.20. The van der Waals surface area contributed by atoms with Crippen molar-refractivity contribution in [1.82, 2.24) is 15.2 Å². The number of fused-ring (bicyclic) bond motifs is 1. The molecule has 3 rings (SSSR count). The van der Waals surface area contributed by atoms with Crippen LogP contribution in [0.2, 0.25) is 0 Å². The van der Waals surface area contributed by atoms with Crippen molar-refractivity contribution < 1.29 is 22.3 Å². The van der Waals surface area contributed by atoms with Gasteiger partial charge in [-0.05, 0) is 24.3 Å². The first-order chi connectivity index (χ1) is 12.8. The molecule has 1 N–H and O–H groups in total. The van der Waals surface area contributed by atoms with E-state index in [1.807, 2.05) is 0 Å². The highest BCUT2D eigenvalue weighted by atomic mass is 32.2. The number of hydrogen-bond acceptors (Lipinski definition) is 5. The minimum atomic E-state index is -3.12. The molecule has 1 aromatic carbocycles. The summed E-state index contributed by atoms with van der Waals surface area (Å²) in [6.07, 6.45) is 0.677. The molecule has 2 amide bonds. The highest BCUT2D eigenvalue weighted by molar-refractivity contribution is 7.94. The first kappa shape index (κ1) is 19.0. The van der Waals surface area contributed by atoms with Crippen molar-refractivity contribution in [2.24, 2.45) is 0 Å². The number of nitrogens with zero attached hydrogens (tertiary/aromatic N) is 3. The monoisotopic (exact) mass is 394 g/mol. The molecular weight excluding hydrogens is 381 g/mol. The van der Waals surface area contributed by atoms with E-state index >= 15 is 0 Å². The minimum absolute atomic E-state index is 0.0197. The third-order valence-corrected chi connectivity index (χ3v) is 4.62. The van der Waals surface area contributed by atoms with Crippen molar-refractivity contribution in [3.63, 3.8) is 0 Å². The minimum Gasteiger partial charge on any atom is -0.343 e. The van der Waals surface area contributed by atoms with Crippen LogP contribution in [-0.2, 0) is 4.79 Å². The molecule has 0 radical (unpaired) electrons. The quantitative estimate of drug-likeness (QED) is 0.862. The Kier molecular flexibility index (Phi) is 5.23. The molecule has 2 aromatic rings. The van der Waals surface area contributed by atoms with Crippen LogP contribution in [0, 0.1) is 11.3 Å². The highest BCUT2D eigenvalue weighted by Gasteiger charge is 2.47. The molecule has 0 aliphatic carbocycles. The molecule has 1 atom stereocenters. The molecule has 10 heteroatoms. The van der Waals surface area contributed by atoms with Gasteiger partial charge in [-0.25, -0.2) is 8.78 Å². The Morgan fingerprint density at radius 3 is 2.89 bits per heavy atom. The normalized spacial score (nSPS) is 18.3. The Hall–Kier alpha value is -2.80. The van der Waals surface area contributed by atoms with E-state index in [0.717, 1.165) is 4.90 Å². The second kappa shape index (κ2) is 7.44. The van der Waals surface area contributed by atoms with E-state index in [1.165, 1.54) is 24.4 Å². The topological polar surface area (TPSA) is 86.1 Å². The van der Waals surface area contributed by atoms with E-state index in [9.17, 15) is 22.3 Å². The molecule has 1 saturated heterocycles. The predicted molar refractivity (Wildman–Crippen MR) is 91.7 cm³/mol. The lowest BCUT2D eigenvalue weighted by Crippen LogP contribution is -2.43. The first-order valence-electron chi connectivity index (χ1n) is 7.87. The smallest absolute Gasteiger partial charge is 0.268 e. The van der Waals surface area contributed by atoms with Crippen LogP contribution >= 0.6 is 12.1 Å². The van der Waals surface area contributed by atoms with Gasteiger partial charge >= 0.3 is 0 Å². The zero-order chi connectivity index (χ0) is 19.6. The number of carbonyl (C=O) groups excluding carboxylic acids is 2. The summed E-state index contributed by atoms with van der Waals surface area (Å²) in [4.78, 5) is 29.7. The van der Waals surface area contributed by atoms with E-state index in [1.54, 1.807) is 12.1 Å². The zero-order valence-electron chi connectivity index (χ0n) is 13.8. The summed E-state index contributed by atoms with van der Waals surface area (Å²) in [5.41, 5.74) is 0.641. The molecule has 1 aromatic heterocycles. The Bertz CT molecular complexity index is 947. The van der Waals surface area contributed by atoms with Crippen molar-refractivity contribution in [2.75, 3.05) is 13.1 Å². The van der Waals surface area contributed by atoms with E-state index in [4.69, 9.17) is 5.26 Å². The molecule has 6 nitrogen and oxygen atoms in total. The summed E-state index contributed by atoms with van der Waals surface area (Å²) < 4.78 is 39.7. The van der Waals surface area contributed by atoms with Crippen LogP contribution in [-0.4, -0.2) is 46.8 Å². The van der Waals surface area contributed by atoms with Crippen LogP contribution in [0.4, 0.5) is 12.7 Å². The number of carbonyl (C=O) groups is 2. The molecule has 2 heterocycles. The SMILES string of the molecule is N#C[C@@H]1CC(F)(F)CN1C(=O)CNC(=O)c1ccnc2ccc(SF)cc12. The van der Waals surface area contributed by atoms with Crippen molar-refractivity contribution >= 4 is 34.9 Å². The molecule has 1 fully saturated rings. The highest BCUT2D eigenvalue weighted by Crippen LogP contribution is 2.31. The van der Waals surface area contributed by atoms with Gasteiger partial charge in [0.25, 0.3) is 11.8 Å². The average Bonchev–Trinajstić information content (AvgIpc) is 2.99. The van der Waals surface area contributed by atoms with Gasteiger partial charge in [0.05, 0.1) is 42.4 Å². The number of amides is 2. The van der Waals surface area contributed by atoms with Crippen molar-refractivity contribution in [1.29, 1.82) is 5.26 Å². The molecule has 1 aliphatic heterocycles. The number of likely N-dealkylation sites (tertiary alicyclic amines) is 1. The molecule has 1 aliphatic rings. The van der Waals surface area contributed by atoms with Gasteiger partial charge in [0.15, 0.2) is 0 Å². The molecular formula is C17H13F3N4O2S. The van der Waals surface area contributed by atoms with Crippen LogP contribution in [0.15, 0.2) is 35.4 Å². The van der Waals surface area contributed by atoms with Gasteiger partial charge < -0.3 is 10.2 Å². The van der Waals surface area contributed by atoms with Crippen LogP contribution in [0.5, 0.6) is 0 Å². The van der Waals surface area contributed by atoms with E-state index in [2.05, 4.69) is 10.3 Å². The largest absolute Gasteiger partial charge is 0.343 e. The predicted octanol–water partition coefficient (Wildman–Crippen LogP) is 2.70. The summed E-state index contributed by atoms with van der Waals surface area (Å²) in [5, 5.41) is 11.7. The number of aromatic nitrogens is 1. The number of benzene rings is 1. The summed E-state index contributed by atoms with van der Waals surface area (Å²) in [6.45, 7) is -1.39. The molecule has 0 bridgehead atoms. The summed E-state index contributed by atoms with van der Waals surface area (Å²) in [6, 6.07) is 6.39. The van der Waals surface area contributed by atoms with Gasteiger partial charge in [0, 0.05) is 22.9 Å². The standard InChI is InChI=1S/C17H13F3N4O2S/c18-17(19)6-10(7-21)24(9-17)15(25)8-23-16(26)12-3-4-22-14-2-1-11(27-20)5-13(12)14/h1-5,10H,6,8-9H2,(H,23,26)/t10-/m0/s1. The molecule has 0 unspecified atom stereocenters. The number of pyridine rings is 1. The second-order valence-electron chi connectivity index (χ2n) is 6.02. The lowest BCUT2D eigenvalue weighted by atomic mass is 10.1. The molecule has 0 saturated carbocycles. The Labute approximate surface area is 156 Å². The van der Waals surface area contributed by atoms with Crippen LogP contribution in [0.3, 0.4) is 0 Å². The Balaban J connectivity index is 1.74. The number of nitrogens with one attached hydrogen (secondary N) is 1. The number of hydrogen-bond donors (Lipinski definition) is 1. The van der Waals surface area contributed by atoms with Gasteiger partial charge in [-0.1, -0.05) is 0 Å². The first-order valence-corrected chi connectivity index (χ1v) is 8.59. The number of rotatable bonds is 4. The van der Waals surface area contributed by atoms with E-state index in [-0.39, 0.29) is 22.6 Å². The third kappa shape index (κ3) is 3.98. The maximum atomic E-state index is 13.4. The van der Waals surface area contributed by atoms with Crippen molar-refractivity contribution in [3.8, 4) is 6.07 Å².